The van der Waals surface area contributed by atoms with E-state index >= 15 is 0 Å². The minimum Gasteiger partial charge on any atom is -0.423 e. The summed E-state index contributed by atoms with van der Waals surface area (Å²) in [6, 6.07) is 5.33. The molecule has 0 N–H and O–H groups in total. The van der Waals surface area contributed by atoms with E-state index in [1.54, 1.807) is 18.3 Å². The fourth-order valence-corrected chi connectivity index (χ4v) is 3.80. The Labute approximate surface area is 164 Å². The van der Waals surface area contributed by atoms with Gasteiger partial charge in [0, 0.05) is 20.1 Å². The van der Waals surface area contributed by atoms with Gasteiger partial charge in [-0.2, -0.15) is 0 Å². The predicted octanol–water partition coefficient (Wildman–Crippen LogP) is 3.65. The summed E-state index contributed by atoms with van der Waals surface area (Å²) in [6.45, 7) is 2.63. The van der Waals surface area contributed by atoms with E-state index in [1.165, 1.54) is 32.1 Å². The van der Waals surface area contributed by atoms with Crippen LogP contribution in [0, 0.1) is 0 Å². The zero-order chi connectivity index (χ0) is 20.1. The monoisotopic (exact) mass is 387 g/mol. The van der Waals surface area contributed by atoms with Crippen molar-refractivity contribution in [2.75, 3.05) is 7.11 Å². The van der Waals surface area contributed by atoms with Gasteiger partial charge in [0.05, 0.1) is 12.2 Å². The number of hydrogen-bond donors (Lipinski definition) is 0. The van der Waals surface area contributed by atoms with Gasteiger partial charge in [-0.05, 0) is 60.9 Å². The van der Waals surface area contributed by atoms with E-state index in [0.717, 1.165) is 37.7 Å². The summed E-state index contributed by atoms with van der Waals surface area (Å²) in [4.78, 5) is 27.6. The largest absolute Gasteiger partial charge is 0.423 e. The lowest BCUT2D eigenvalue weighted by Gasteiger charge is -2.28. The Bertz CT molecular complexity index is 813. The summed E-state index contributed by atoms with van der Waals surface area (Å²) < 4.78 is 16.6. The third-order valence-corrected chi connectivity index (χ3v) is 4.84. The second-order valence-electron chi connectivity index (χ2n) is 6.89. The molecule has 7 heteroatoms. The number of ether oxygens (including phenoxy) is 3. The van der Waals surface area contributed by atoms with Gasteiger partial charge in [-0.25, -0.2) is 0 Å². The number of rotatable bonds is 7. The van der Waals surface area contributed by atoms with Crippen molar-refractivity contribution in [1.82, 2.24) is 0 Å². The molecule has 2 bridgehead atoms. The fraction of sp³-hybridized carbons (Fsp3) is 0.476. The normalized spacial score (nSPS) is 21.1. The second kappa shape index (κ2) is 9.01. The zero-order valence-corrected chi connectivity index (χ0v) is 16.4. The lowest BCUT2D eigenvalue weighted by atomic mass is 9.89. The van der Waals surface area contributed by atoms with Crippen LogP contribution in [-0.4, -0.2) is 37.5 Å². The maximum Gasteiger partial charge on any atom is 0.308 e. The van der Waals surface area contributed by atoms with Crippen LogP contribution < -0.4 is 9.47 Å². The Kier molecular flexibility index (Phi) is 6.46. The fourth-order valence-electron chi connectivity index (χ4n) is 3.80. The molecule has 2 aliphatic heterocycles. The van der Waals surface area contributed by atoms with E-state index in [9.17, 15) is 9.59 Å². The Hall–Kier alpha value is -2.67. The molecule has 0 aromatic heterocycles. The molecule has 1 aromatic rings. The molecule has 150 valence electrons. The molecule has 1 aromatic carbocycles. The maximum atomic E-state index is 11.5. The summed E-state index contributed by atoms with van der Waals surface area (Å²) in [5.41, 5.74) is 3.39. The Morgan fingerprint density at radius 2 is 1.93 bits per heavy atom. The summed E-state index contributed by atoms with van der Waals surface area (Å²) in [5.74, 6) is -0.465. The number of oxime groups is 1. The van der Waals surface area contributed by atoms with Crippen LogP contribution >= 0.6 is 0 Å². The molecule has 7 nitrogen and oxygen atoms in total. The summed E-state index contributed by atoms with van der Waals surface area (Å²) in [5, 5.41) is 3.81. The van der Waals surface area contributed by atoms with Gasteiger partial charge in [-0.15, -0.1) is 0 Å². The average Bonchev–Trinajstić information content (AvgIpc) is 3.03. The highest BCUT2D eigenvalue weighted by Crippen LogP contribution is 2.44. The number of esters is 2. The maximum absolute atomic E-state index is 11.5. The van der Waals surface area contributed by atoms with Crippen LogP contribution in [0.5, 0.6) is 11.5 Å². The molecule has 0 spiro atoms. The molecule has 0 saturated carbocycles. The smallest absolute Gasteiger partial charge is 0.308 e. The van der Waals surface area contributed by atoms with E-state index in [-0.39, 0.29) is 23.7 Å². The summed E-state index contributed by atoms with van der Waals surface area (Å²) >= 11 is 0. The van der Waals surface area contributed by atoms with Crippen molar-refractivity contribution >= 4 is 23.7 Å². The first kappa shape index (κ1) is 20.1. The first-order chi connectivity index (χ1) is 13.5. The van der Waals surface area contributed by atoms with Gasteiger partial charge in [0.25, 0.3) is 0 Å². The number of fused-ring (bicyclic) bond motifs is 2. The number of hydrogen-bond acceptors (Lipinski definition) is 7. The number of nitrogens with zero attached hydrogens (tertiary/aromatic N) is 1. The highest BCUT2D eigenvalue weighted by molar-refractivity contribution is 5.77. The standard InChI is InChI=1S/C21H25NO6/c1-13(23)26-20-8-6-15(11-21(20)27-14(2)24)18-12-16-7-9-19(28-16)17(18)5-4-10-22-25-3/h6,8,10-11,16,19H,4-5,7,9,12H2,1-3H3. The first-order valence-electron chi connectivity index (χ1n) is 9.41. The van der Waals surface area contributed by atoms with E-state index in [2.05, 4.69) is 5.16 Å². The van der Waals surface area contributed by atoms with Crippen molar-refractivity contribution in [3.63, 3.8) is 0 Å². The highest BCUT2D eigenvalue weighted by Gasteiger charge is 2.35. The van der Waals surface area contributed by atoms with Gasteiger partial charge in [0.2, 0.25) is 0 Å². The van der Waals surface area contributed by atoms with Crippen molar-refractivity contribution in [3.05, 3.63) is 29.3 Å². The molecule has 1 fully saturated rings. The molecular formula is C21H25NO6. The third kappa shape index (κ3) is 4.78. The molecule has 2 unspecified atom stereocenters. The first-order valence-corrected chi connectivity index (χ1v) is 9.41. The van der Waals surface area contributed by atoms with Gasteiger partial charge in [-0.1, -0.05) is 11.2 Å². The average molecular weight is 387 g/mol. The van der Waals surface area contributed by atoms with Gasteiger partial charge in [0.1, 0.15) is 7.11 Å². The predicted molar refractivity (Wildman–Crippen MR) is 103 cm³/mol. The lowest BCUT2D eigenvalue weighted by molar-refractivity contribution is -0.134. The van der Waals surface area contributed by atoms with Crippen molar-refractivity contribution in [2.45, 2.75) is 58.2 Å². The van der Waals surface area contributed by atoms with Crippen molar-refractivity contribution in [1.29, 1.82) is 0 Å². The van der Waals surface area contributed by atoms with Crippen molar-refractivity contribution in [3.8, 4) is 11.5 Å². The molecule has 28 heavy (non-hydrogen) atoms. The molecule has 0 aliphatic carbocycles. The minimum absolute atomic E-state index is 0.106. The van der Waals surface area contributed by atoms with Crippen molar-refractivity contribution < 1.29 is 28.6 Å². The summed E-state index contributed by atoms with van der Waals surface area (Å²) in [7, 11) is 1.52. The second-order valence-corrected chi connectivity index (χ2v) is 6.89. The minimum atomic E-state index is -0.470. The Morgan fingerprint density at radius 1 is 1.18 bits per heavy atom. The van der Waals surface area contributed by atoms with Crippen molar-refractivity contribution in [2.24, 2.45) is 5.16 Å². The van der Waals surface area contributed by atoms with E-state index in [4.69, 9.17) is 19.0 Å². The van der Waals surface area contributed by atoms with E-state index in [0.29, 0.717) is 0 Å². The van der Waals surface area contributed by atoms with Gasteiger partial charge in [0.15, 0.2) is 11.5 Å². The topological polar surface area (TPSA) is 83.4 Å². The molecule has 3 rings (SSSR count). The molecule has 0 amide bonds. The quantitative estimate of drug-likeness (QED) is 0.307. The third-order valence-electron chi connectivity index (χ3n) is 4.84. The highest BCUT2D eigenvalue weighted by atomic mass is 16.6. The molecule has 0 radical (unpaired) electrons. The SMILES string of the molecule is CON=CCCC1=C(c2ccc(OC(C)=O)c(OC(C)=O)c2)CC2CCC1O2. The van der Waals surface area contributed by atoms with Crippen LogP contribution in [0.4, 0.5) is 0 Å². The van der Waals surface area contributed by atoms with Crippen LogP contribution in [-0.2, 0) is 19.2 Å². The zero-order valence-electron chi connectivity index (χ0n) is 16.4. The van der Waals surface area contributed by atoms with E-state index in [1.807, 2.05) is 6.07 Å². The lowest BCUT2D eigenvalue weighted by Crippen LogP contribution is -2.21. The molecule has 2 atom stereocenters. The van der Waals surface area contributed by atoms with Crippen LogP contribution in [0.25, 0.3) is 5.57 Å². The summed E-state index contributed by atoms with van der Waals surface area (Å²) in [6.07, 6.45) is 6.48. The number of benzene rings is 1. The Morgan fingerprint density at radius 3 is 2.64 bits per heavy atom. The molecular weight excluding hydrogens is 362 g/mol. The van der Waals surface area contributed by atoms with Gasteiger partial charge >= 0.3 is 11.9 Å². The molecule has 2 aliphatic rings. The van der Waals surface area contributed by atoms with Crippen LogP contribution in [0.15, 0.2) is 28.9 Å². The van der Waals surface area contributed by atoms with Crippen LogP contribution in [0.3, 0.4) is 0 Å². The number of carbonyl (C=O) groups excluding carboxylic acids is 2. The molecule has 2 heterocycles. The Balaban J connectivity index is 1.96. The van der Waals surface area contributed by atoms with Crippen LogP contribution in [0.2, 0.25) is 0 Å². The molecule has 1 saturated heterocycles. The number of carbonyl (C=O) groups is 2. The van der Waals surface area contributed by atoms with Crippen LogP contribution in [0.1, 0.15) is 51.5 Å². The van der Waals surface area contributed by atoms with Gasteiger partial charge < -0.3 is 19.0 Å². The van der Waals surface area contributed by atoms with E-state index < -0.39 is 11.9 Å². The van der Waals surface area contributed by atoms with Gasteiger partial charge in [-0.3, -0.25) is 9.59 Å².